The average Bonchev–Trinajstić information content (AvgIpc) is 2.54. The molecule has 0 atom stereocenters. The topological polar surface area (TPSA) is 32.8 Å². The van der Waals surface area contributed by atoms with Crippen LogP contribution in [0.4, 0.5) is 11.4 Å². The van der Waals surface area contributed by atoms with Crippen molar-refractivity contribution in [1.29, 1.82) is 0 Å². The van der Waals surface area contributed by atoms with Crippen LogP contribution < -0.4 is 20.4 Å². The molecule has 0 aliphatic heterocycles. The second-order valence-corrected chi connectivity index (χ2v) is 8.06. The fraction of sp³-hybridized carbons (Fsp3) is 0.294. The Morgan fingerprint density at radius 1 is 0.727 bits per heavy atom. The molecule has 0 amide bonds. The summed E-state index contributed by atoms with van der Waals surface area (Å²) in [5.41, 5.74) is 2.13. The summed E-state index contributed by atoms with van der Waals surface area (Å²) in [6.07, 6.45) is 0. The molecule has 0 heterocycles. The summed E-state index contributed by atoms with van der Waals surface area (Å²) in [5.74, 6) is 0. The Kier molecular flexibility index (Phi) is 4.94. The first-order chi connectivity index (χ1) is 10.4. The summed E-state index contributed by atoms with van der Waals surface area (Å²) < 4.78 is 18.7. The minimum Gasteiger partial charge on any atom is -0.378 e. The van der Waals surface area contributed by atoms with Crippen molar-refractivity contribution >= 4 is 29.4 Å². The van der Waals surface area contributed by atoms with Crippen LogP contribution in [0.1, 0.15) is 0 Å². The number of rotatable bonds is 5. The van der Waals surface area contributed by atoms with Gasteiger partial charge >= 0.3 is 0 Å². The van der Waals surface area contributed by atoms with Gasteiger partial charge in [0.15, 0.2) is 0 Å². The largest absolute Gasteiger partial charge is 0.378 e. The maximum absolute atomic E-state index is 13.3. The van der Waals surface area contributed by atoms with E-state index in [4.69, 9.17) is 4.52 Å². The van der Waals surface area contributed by atoms with E-state index in [1.165, 1.54) is 7.11 Å². The van der Waals surface area contributed by atoms with Crippen molar-refractivity contribution in [2.45, 2.75) is 0 Å². The van der Waals surface area contributed by atoms with E-state index in [-0.39, 0.29) is 0 Å². The van der Waals surface area contributed by atoms with E-state index in [0.717, 1.165) is 11.4 Å². The monoisotopic (exact) mass is 318 g/mol. The minimum atomic E-state index is -3.04. The summed E-state index contributed by atoms with van der Waals surface area (Å²) in [5, 5.41) is 1.41. The van der Waals surface area contributed by atoms with Crippen LogP contribution in [0.2, 0.25) is 0 Å². The quantitative estimate of drug-likeness (QED) is 0.794. The van der Waals surface area contributed by atoms with Gasteiger partial charge in [0.1, 0.15) is 0 Å². The lowest BCUT2D eigenvalue weighted by atomic mass is 10.3. The van der Waals surface area contributed by atoms with Crippen molar-refractivity contribution < 1.29 is 9.09 Å². The maximum Gasteiger partial charge on any atom is 0.261 e. The Labute approximate surface area is 132 Å². The summed E-state index contributed by atoms with van der Waals surface area (Å²) in [6.45, 7) is 0. The van der Waals surface area contributed by atoms with E-state index in [1.54, 1.807) is 0 Å². The van der Waals surface area contributed by atoms with Crippen LogP contribution in [0.25, 0.3) is 0 Å². The zero-order chi connectivity index (χ0) is 16.3. The van der Waals surface area contributed by atoms with Gasteiger partial charge in [-0.05, 0) is 48.5 Å². The zero-order valence-corrected chi connectivity index (χ0v) is 14.7. The fourth-order valence-electron chi connectivity index (χ4n) is 2.25. The van der Waals surface area contributed by atoms with Crippen LogP contribution in [0.5, 0.6) is 0 Å². The van der Waals surface area contributed by atoms with Crippen LogP contribution in [-0.4, -0.2) is 35.3 Å². The van der Waals surface area contributed by atoms with E-state index in [1.807, 2.05) is 86.5 Å². The van der Waals surface area contributed by atoms with Gasteiger partial charge < -0.3 is 14.3 Å². The number of hydrogen-bond acceptors (Lipinski definition) is 4. The second-order valence-electron chi connectivity index (χ2n) is 5.56. The van der Waals surface area contributed by atoms with Crippen LogP contribution in [0, 0.1) is 0 Å². The van der Waals surface area contributed by atoms with Crippen molar-refractivity contribution in [3.05, 3.63) is 48.5 Å². The van der Waals surface area contributed by atoms with Crippen LogP contribution >= 0.6 is 7.37 Å². The first-order valence-corrected chi connectivity index (χ1v) is 8.72. The van der Waals surface area contributed by atoms with Gasteiger partial charge in [0, 0.05) is 57.3 Å². The lowest BCUT2D eigenvalue weighted by molar-refractivity contribution is 0.412. The number of anilines is 2. The molecule has 22 heavy (non-hydrogen) atoms. The summed E-state index contributed by atoms with van der Waals surface area (Å²) in [7, 11) is 6.37. The molecular weight excluding hydrogens is 295 g/mol. The number of hydrogen-bond donors (Lipinski definition) is 0. The van der Waals surface area contributed by atoms with E-state index >= 15 is 0 Å². The fourth-order valence-corrected chi connectivity index (χ4v) is 4.06. The van der Waals surface area contributed by atoms with E-state index in [2.05, 4.69) is 0 Å². The van der Waals surface area contributed by atoms with Gasteiger partial charge in [0.2, 0.25) is 0 Å². The van der Waals surface area contributed by atoms with Crippen LogP contribution in [0.3, 0.4) is 0 Å². The number of benzene rings is 2. The molecule has 0 radical (unpaired) electrons. The standard InChI is InChI=1S/C17H23N2O2P/c1-18(2)14-6-10-16(11-7-14)22(20,21-5)17-12-8-15(9-13-17)19(3)4/h6-13H,1-5H3. The van der Waals surface area contributed by atoms with Gasteiger partial charge in [0.05, 0.1) is 0 Å². The zero-order valence-electron chi connectivity index (χ0n) is 13.8. The molecule has 0 aromatic heterocycles. The Morgan fingerprint density at radius 3 is 1.27 bits per heavy atom. The van der Waals surface area contributed by atoms with Gasteiger partial charge in [-0.1, -0.05) is 0 Å². The van der Waals surface area contributed by atoms with Gasteiger partial charge in [-0.15, -0.1) is 0 Å². The number of nitrogens with zero attached hydrogens (tertiary/aromatic N) is 2. The minimum absolute atomic E-state index is 0.707. The molecule has 4 nitrogen and oxygen atoms in total. The summed E-state index contributed by atoms with van der Waals surface area (Å²) in [6, 6.07) is 15.3. The third-order valence-electron chi connectivity index (χ3n) is 3.67. The highest BCUT2D eigenvalue weighted by molar-refractivity contribution is 7.74. The van der Waals surface area contributed by atoms with Gasteiger partial charge in [-0.2, -0.15) is 0 Å². The molecule has 0 saturated carbocycles. The average molecular weight is 318 g/mol. The Bertz CT molecular complexity index is 609. The summed E-state index contributed by atoms with van der Waals surface area (Å²) in [4.78, 5) is 4.01. The lowest BCUT2D eigenvalue weighted by Gasteiger charge is -2.20. The third kappa shape index (κ3) is 3.18. The highest BCUT2D eigenvalue weighted by Crippen LogP contribution is 2.44. The molecule has 118 valence electrons. The van der Waals surface area contributed by atoms with E-state index in [0.29, 0.717) is 10.6 Å². The summed E-state index contributed by atoms with van der Waals surface area (Å²) >= 11 is 0. The Balaban J connectivity index is 2.41. The molecule has 0 N–H and O–H groups in total. The molecule has 2 aromatic rings. The molecule has 2 aromatic carbocycles. The predicted molar refractivity (Wildman–Crippen MR) is 95.4 cm³/mol. The van der Waals surface area contributed by atoms with Gasteiger partial charge in [0.25, 0.3) is 7.37 Å². The van der Waals surface area contributed by atoms with Crippen molar-refractivity contribution in [3.63, 3.8) is 0 Å². The molecule has 0 saturated heterocycles. The normalized spacial score (nSPS) is 11.3. The molecule has 0 bridgehead atoms. The molecule has 0 aliphatic carbocycles. The van der Waals surface area contributed by atoms with Gasteiger partial charge in [-0.3, -0.25) is 4.57 Å². The maximum atomic E-state index is 13.3. The first-order valence-electron chi connectivity index (χ1n) is 7.10. The molecule has 0 aliphatic rings. The van der Waals surface area contributed by atoms with Crippen molar-refractivity contribution in [2.24, 2.45) is 0 Å². The van der Waals surface area contributed by atoms with Crippen LogP contribution in [-0.2, 0) is 9.09 Å². The highest BCUT2D eigenvalue weighted by atomic mass is 31.2. The molecule has 0 spiro atoms. The third-order valence-corrected chi connectivity index (χ3v) is 6.14. The lowest BCUT2D eigenvalue weighted by Crippen LogP contribution is -2.19. The highest BCUT2D eigenvalue weighted by Gasteiger charge is 2.27. The molecule has 0 fully saturated rings. The SMILES string of the molecule is COP(=O)(c1ccc(N(C)C)cc1)c1ccc(N(C)C)cc1. The van der Waals surface area contributed by atoms with Crippen molar-refractivity contribution in [3.8, 4) is 0 Å². The molecule has 0 unspecified atom stereocenters. The molecule has 5 heteroatoms. The van der Waals surface area contributed by atoms with Crippen molar-refractivity contribution in [1.82, 2.24) is 0 Å². The Hall–Kier alpha value is -1.77. The van der Waals surface area contributed by atoms with E-state index < -0.39 is 7.37 Å². The van der Waals surface area contributed by atoms with Gasteiger partial charge in [-0.25, -0.2) is 0 Å². The molecule has 2 rings (SSSR count). The smallest absolute Gasteiger partial charge is 0.261 e. The second kappa shape index (κ2) is 6.55. The van der Waals surface area contributed by atoms with E-state index in [9.17, 15) is 4.57 Å². The Morgan fingerprint density at radius 2 is 1.05 bits per heavy atom. The van der Waals surface area contributed by atoms with Crippen LogP contribution in [0.15, 0.2) is 48.5 Å². The van der Waals surface area contributed by atoms with Crippen molar-refractivity contribution in [2.75, 3.05) is 45.1 Å². The molecular formula is C17H23N2O2P. The first kappa shape index (κ1) is 16.6. The predicted octanol–water partition coefficient (Wildman–Crippen LogP) is 2.69.